The van der Waals surface area contributed by atoms with Crippen molar-refractivity contribution in [2.24, 2.45) is 0 Å². The summed E-state index contributed by atoms with van der Waals surface area (Å²) in [4.78, 5) is 9.53. The Morgan fingerprint density at radius 2 is 1.75 bits per heavy atom. The zero-order chi connectivity index (χ0) is 9.30. The van der Waals surface area contributed by atoms with E-state index in [1.807, 2.05) is 0 Å². The number of anilines is 2. The summed E-state index contributed by atoms with van der Waals surface area (Å²) in [5, 5.41) is 10.3. The first-order valence-electron chi connectivity index (χ1n) is 3.01. The Kier molecular flexibility index (Phi) is 1.82. The van der Waals surface area contributed by atoms with Gasteiger partial charge in [0.2, 0.25) is 0 Å². The highest BCUT2D eigenvalue weighted by Gasteiger charge is 2.16. The molecule has 0 aliphatic rings. The third-order valence-corrected chi connectivity index (χ3v) is 1.32. The van der Waals surface area contributed by atoms with Gasteiger partial charge < -0.3 is 11.5 Å². The molecule has 0 heterocycles. The van der Waals surface area contributed by atoms with Crippen LogP contribution in [-0.2, 0) is 0 Å². The van der Waals surface area contributed by atoms with Gasteiger partial charge in [0.25, 0.3) is 0 Å². The molecule has 12 heavy (non-hydrogen) atoms. The third kappa shape index (κ3) is 1.26. The minimum absolute atomic E-state index is 0.266. The Bertz CT molecular complexity index is 317. The highest BCUT2D eigenvalue weighted by Crippen LogP contribution is 2.28. The standard InChI is InChI=1S/C6H6FN3O2/c7-3-1-4(8)6(10(11)12)5(9)2-3/h1-2H,8-9H2. The quantitative estimate of drug-likeness (QED) is 0.372. The van der Waals surface area contributed by atoms with Gasteiger partial charge in [0.1, 0.15) is 17.2 Å². The summed E-state index contributed by atoms with van der Waals surface area (Å²) in [6.45, 7) is 0. The minimum Gasteiger partial charge on any atom is -0.393 e. The average Bonchev–Trinajstić information content (AvgIpc) is 1.82. The van der Waals surface area contributed by atoms with E-state index in [0.29, 0.717) is 0 Å². The molecule has 0 aliphatic heterocycles. The van der Waals surface area contributed by atoms with Gasteiger partial charge in [-0.3, -0.25) is 10.1 Å². The first-order valence-corrected chi connectivity index (χ1v) is 3.01. The van der Waals surface area contributed by atoms with Crippen LogP contribution in [0.25, 0.3) is 0 Å². The van der Waals surface area contributed by atoms with Crippen molar-refractivity contribution < 1.29 is 9.31 Å². The average molecular weight is 171 g/mol. The van der Waals surface area contributed by atoms with E-state index in [4.69, 9.17) is 11.5 Å². The summed E-state index contributed by atoms with van der Waals surface area (Å²) >= 11 is 0. The number of rotatable bonds is 1. The lowest BCUT2D eigenvalue weighted by molar-refractivity contribution is -0.383. The fourth-order valence-electron chi connectivity index (χ4n) is 0.853. The number of nitro benzene ring substituents is 1. The topological polar surface area (TPSA) is 95.2 Å². The highest BCUT2D eigenvalue weighted by molar-refractivity contribution is 5.72. The molecular weight excluding hydrogens is 165 g/mol. The largest absolute Gasteiger partial charge is 0.393 e. The van der Waals surface area contributed by atoms with Gasteiger partial charge in [-0.2, -0.15) is 0 Å². The second kappa shape index (κ2) is 2.65. The molecule has 1 rings (SSSR count). The van der Waals surface area contributed by atoms with Crippen molar-refractivity contribution in [3.63, 3.8) is 0 Å². The fraction of sp³-hybridized carbons (Fsp3) is 0. The molecule has 0 spiro atoms. The van der Waals surface area contributed by atoms with Gasteiger partial charge in [0.15, 0.2) is 0 Å². The summed E-state index contributed by atoms with van der Waals surface area (Å²) < 4.78 is 12.5. The number of nitrogens with zero attached hydrogens (tertiary/aromatic N) is 1. The Balaban J connectivity index is 3.38. The number of nitro groups is 1. The summed E-state index contributed by atoms with van der Waals surface area (Å²) in [7, 11) is 0. The van der Waals surface area contributed by atoms with E-state index in [1.54, 1.807) is 0 Å². The molecular formula is C6H6FN3O2. The summed E-state index contributed by atoms with van der Waals surface area (Å²) in [6, 6.07) is 1.71. The molecule has 64 valence electrons. The molecule has 0 aromatic heterocycles. The molecule has 5 nitrogen and oxygen atoms in total. The third-order valence-electron chi connectivity index (χ3n) is 1.32. The van der Waals surface area contributed by atoms with Gasteiger partial charge >= 0.3 is 5.69 Å². The van der Waals surface area contributed by atoms with Crippen LogP contribution in [0.4, 0.5) is 21.5 Å². The van der Waals surface area contributed by atoms with Crippen LogP contribution in [0, 0.1) is 15.9 Å². The highest BCUT2D eigenvalue weighted by atomic mass is 19.1. The Morgan fingerprint density at radius 3 is 2.08 bits per heavy atom. The maximum Gasteiger partial charge on any atom is 0.314 e. The molecule has 1 aromatic carbocycles. The van der Waals surface area contributed by atoms with Crippen molar-refractivity contribution in [3.8, 4) is 0 Å². The molecule has 0 saturated heterocycles. The molecule has 0 atom stereocenters. The van der Waals surface area contributed by atoms with E-state index < -0.39 is 16.4 Å². The molecule has 0 amide bonds. The summed E-state index contributed by atoms with van der Waals surface area (Å²) in [6.07, 6.45) is 0. The van der Waals surface area contributed by atoms with Crippen LogP contribution in [-0.4, -0.2) is 4.92 Å². The number of nitrogen functional groups attached to an aromatic ring is 2. The Morgan fingerprint density at radius 1 is 1.33 bits per heavy atom. The van der Waals surface area contributed by atoms with Crippen LogP contribution in [0.5, 0.6) is 0 Å². The predicted octanol–water partition coefficient (Wildman–Crippen LogP) is 0.898. The Hall–Kier alpha value is -1.85. The normalized spacial score (nSPS) is 9.75. The minimum atomic E-state index is -0.746. The summed E-state index contributed by atoms with van der Waals surface area (Å²) in [5.41, 5.74) is 9.34. The van der Waals surface area contributed by atoms with Crippen LogP contribution in [0.15, 0.2) is 12.1 Å². The lowest BCUT2D eigenvalue weighted by atomic mass is 10.2. The maximum atomic E-state index is 12.5. The number of hydrogen-bond donors (Lipinski definition) is 2. The van der Waals surface area contributed by atoms with Gasteiger partial charge in [-0.05, 0) is 0 Å². The molecule has 6 heteroatoms. The lowest BCUT2D eigenvalue weighted by Crippen LogP contribution is -2.01. The van der Waals surface area contributed by atoms with E-state index in [2.05, 4.69) is 0 Å². The second-order valence-electron chi connectivity index (χ2n) is 2.19. The molecule has 1 aromatic rings. The smallest absolute Gasteiger partial charge is 0.314 e. The molecule has 0 aliphatic carbocycles. The number of benzene rings is 1. The van der Waals surface area contributed by atoms with E-state index in [1.165, 1.54) is 0 Å². The molecule has 0 bridgehead atoms. The van der Waals surface area contributed by atoms with Crippen molar-refractivity contribution in [1.82, 2.24) is 0 Å². The number of hydrogen-bond acceptors (Lipinski definition) is 4. The Labute approximate surface area is 66.9 Å². The number of nitrogens with two attached hydrogens (primary N) is 2. The summed E-state index contributed by atoms with van der Waals surface area (Å²) in [5.74, 6) is -0.685. The van der Waals surface area contributed by atoms with Crippen molar-refractivity contribution in [2.75, 3.05) is 11.5 Å². The SMILES string of the molecule is Nc1cc(F)cc(N)c1[N+](=O)[O-]. The molecule has 0 radical (unpaired) electrons. The van der Waals surface area contributed by atoms with Crippen molar-refractivity contribution in [3.05, 3.63) is 28.1 Å². The van der Waals surface area contributed by atoms with Crippen LogP contribution >= 0.6 is 0 Å². The van der Waals surface area contributed by atoms with E-state index in [0.717, 1.165) is 12.1 Å². The zero-order valence-electron chi connectivity index (χ0n) is 5.95. The van der Waals surface area contributed by atoms with Crippen molar-refractivity contribution >= 4 is 17.1 Å². The van der Waals surface area contributed by atoms with Crippen LogP contribution in [0.2, 0.25) is 0 Å². The van der Waals surface area contributed by atoms with E-state index >= 15 is 0 Å². The lowest BCUT2D eigenvalue weighted by Gasteiger charge is -1.99. The van der Waals surface area contributed by atoms with E-state index in [9.17, 15) is 14.5 Å². The molecule has 4 N–H and O–H groups in total. The van der Waals surface area contributed by atoms with E-state index in [-0.39, 0.29) is 11.4 Å². The number of halogens is 1. The first-order chi connectivity index (χ1) is 5.52. The zero-order valence-corrected chi connectivity index (χ0v) is 5.95. The first kappa shape index (κ1) is 8.25. The second-order valence-corrected chi connectivity index (χ2v) is 2.19. The molecule has 0 saturated carbocycles. The van der Waals surface area contributed by atoms with Gasteiger partial charge in [0, 0.05) is 12.1 Å². The van der Waals surface area contributed by atoms with Crippen molar-refractivity contribution in [1.29, 1.82) is 0 Å². The van der Waals surface area contributed by atoms with Crippen LogP contribution < -0.4 is 11.5 Å². The molecule has 0 fully saturated rings. The van der Waals surface area contributed by atoms with Crippen LogP contribution in [0.1, 0.15) is 0 Å². The van der Waals surface area contributed by atoms with Gasteiger partial charge in [-0.15, -0.1) is 0 Å². The monoisotopic (exact) mass is 171 g/mol. The fourth-order valence-corrected chi connectivity index (χ4v) is 0.853. The predicted molar refractivity (Wildman–Crippen MR) is 41.9 cm³/mol. The van der Waals surface area contributed by atoms with Crippen LogP contribution in [0.3, 0.4) is 0 Å². The van der Waals surface area contributed by atoms with Gasteiger partial charge in [-0.1, -0.05) is 0 Å². The van der Waals surface area contributed by atoms with Crippen molar-refractivity contribution in [2.45, 2.75) is 0 Å². The maximum absolute atomic E-state index is 12.5. The van der Waals surface area contributed by atoms with Gasteiger partial charge in [0.05, 0.1) is 4.92 Å². The molecule has 0 unspecified atom stereocenters. The van der Waals surface area contributed by atoms with Gasteiger partial charge in [-0.25, -0.2) is 4.39 Å².